The monoisotopic (exact) mass is 217 g/mol. The second kappa shape index (κ2) is 5.26. The highest BCUT2D eigenvalue weighted by atomic mass is 16.3. The van der Waals surface area contributed by atoms with Gasteiger partial charge in [-0.15, -0.1) is 0 Å². The van der Waals surface area contributed by atoms with Crippen LogP contribution >= 0.6 is 0 Å². The van der Waals surface area contributed by atoms with Gasteiger partial charge in [-0.25, -0.2) is 0 Å². The highest BCUT2D eigenvalue weighted by Crippen LogP contribution is 2.31. The lowest BCUT2D eigenvalue weighted by atomic mass is 9.86. The van der Waals surface area contributed by atoms with Crippen molar-refractivity contribution in [3.8, 4) is 0 Å². The first kappa shape index (κ1) is 11.3. The Morgan fingerprint density at radius 2 is 2.12 bits per heavy atom. The smallest absolute Gasteiger partial charge is 0.0747 e. The normalized spacial score (nSPS) is 27.2. The molecular formula is C14H19NO. The van der Waals surface area contributed by atoms with Gasteiger partial charge in [0.25, 0.3) is 0 Å². The third kappa shape index (κ3) is 2.70. The van der Waals surface area contributed by atoms with Gasteiger partial charge < -0.3 is 5.11 Å². The summed E-state index contributed by atoms with van der Waals surface area (Å²) in [7, 11) is 0. The summed E-state index contributed by atoms with van der Waals surface area (Å²) in [6, 6.07) is 6.10. The summed E-state index contributed by atoms with van der Waals surface area (Å²) < 4.78 is 0. The van der Waals surface area contributed by atoms with Crippen LogP contribution in [0, 0.1) is 0 Å². The minimum absolute atomic E-state index is 0.287. The lowest BCUT2D eigenvalue weighted by molar-refractivity contribution is 0.184. The van der Waals surface area contributed by atoms with Crippen molar-refractivity contribution in [2.24, 2.45) is 0 Å². The summed E-state index contributed by atoms with van der Waals surface area (Å²) >= 11 is 0. The lowest BCUT2D eigenvalue weighted by Crippen LogP contribution is -2.15. The molecule has 1 fully saturated rings. The van der Waals surface area contributed by atoms with Crippen molar-refractivity contribution in [3.63, 3.8) is 0 Å². The van der Waals surface area contributed by atoms with Gasteiger partial charge in [-0.2, -0.15) is 0 Å². The molecule has 1 heterocycles. The fourth-order valence-corrected chi connectivity index (χ4v) is 2.35. The van der Waals surface area contributed by atoms with Crippen molar-refractivity contribution in [1.82, 2.24) is 4.98 Å². The first-order valence-corrected chi connectivity index (χ1v) is 6.04. The molecule has 0 aromatic carbocycles. The van der Waals surface area contributed by atoms with E-state index in [1.807, 2.05) is 18.3 Å². The van der Waals surface area contributed by atoms with Crippen LogP contribution in [0.25, 0.3) is 0 Å². The number of pyridine rings is 1. The van der Waals surface area contributed by atoms with Gasteiger partial charge in [0.2, 0.25) is 0 Å². The third-order valence-corrected chi connectivity index (χ3v) is 3.42. The van der Waals surface area contributed by atoms with Gasteiger partial charge in [0.15, 0.2) is 0 Å². The predicted octanol–water partition coefficient (Wildman–Crippen LogP) is 3.05. The average Bonchev–Trinajstić information content (AvgIpc) is 2.32. The molecule has 1 aliphatic rings. The summed E-state index contributed by atoms with van der Waals surface area (Å²) in [6.07, 6.45) is 6.59. The molecule has 0 amide bonds. The Labute approximate surface area is 97.0 Å². The number of hydrogen-bond donors (Lipinski definition) is 1. The Kier molecular flexibility index (Phi) is 3.73. The van der Waals surface area contributed by atoms with E-state index in [4.69, 9.17) is 0 Å². The highest BCUT2D eigenvalue weighted by Gasteiger charge is 2.19. The maximum Gasteiger partial charge on any atom is 0.0747 e. The maximum atomic E-state index is 9.72. The van der Waals surface area contributed by atoms with E-state index in [-0.39, 0.29) is 6.10 Å². The van der Waals surface area contributed by atoms with Crippen molar-refractivity contribution >= 4 is 0 Å². The average molecular weight is 217 g/mol. The largest absolute Gasteiger partial charge is 0.389 e. The minimum atomic E-state index is -0.287. The Hall–Kier alpha value is -1.15. The highest BCUT2D eigenvalue weighted by molar-refractivity contribution is 5.12. The first-order chi connectivity index (χ1) is 7.77. The van der Waals surface area contributed by atoms with Crippen LogP contribution in [0.15, 0.2) is 36.5 Å². The van der Waals surface area contributed by atoms with E-state index >= 15 is 0 Å². The zero-order chi connectivity index (χ0) is 11.4. The summed E-state index contributed by atoms with van der Waals surface area (Å²) in [5.74, 6) is 0.533. The second-order valence-electron chi connectivity index (χ2n) is 4.60. The summed E-state index contributed by atoms with van der Waals surface area (Å²) in [5.41, 5.74) is 2.17. The molecule has 0 radical (unpaired) electrons. The molecule has 0 aliphatic heterocycles. The number of hydrogen-bond acceptors (Lipinski definition) is 2. The third-order valence-electron chi connectivity index (χ3n) is 3.42. The molecule has 16 heavy (non-hydrogen) atoms. The van der Waals surface area contributed by atoms with Gasteiger partial charge in [-0.1, -0.05) is 12.6 Å². The van der Waals surface area contributed by atoms with Gasteiger partial charge in [-0.05, 0) is 49.8 Å². The predicted molar refractivity (Wildman–Crippen MR) is 65.2 cm³/mol. The van der Waals surface area contributed by atoms with Crippen LogP contribution in [0.3, 0.4) is 0 Å². The molecule has 1 saturated carbocycles. The molecule has 2 rings (SSSR count). The molecule has 0 saturated heterocycles. The second-order valence-corrected chi connectivity index (χ2v) is 4.60. The first-order valence-electron chi connectivity index (χ1n) is 6.04. The fourth-order valence-electron chi connectivity index (χ4n) is 2.35. The van der Waals surface area contributed by atoms with Crippen molar-refractivity contribution in [3.05, 3.63) is 42.2 Å². The molecule has 2 atom stereocenters. The Morgan fingerprint density at radius 3 is 2.88 bits per heavy atom. The standard InChI is InChI=1S/C14H19NO/c1-11-8-9-12(5-4-7-14(11)16)13-6-2-3-10-15-13/h2-3,6,10,12,14,16H,1,4-5,7-9H2. The molecular weight excluding hydrogens is 198 g/mol. The van der Waals surface area contributed by atoms with Crippen LogP contribution < -0.4 is 0 Å². The Morgan fingerprint density at radius 1 is 1.25 bits per heavy atom. The summed E-state index contributed by atoms with van der Waals surface area (Å²) in [4.78, 5) is 4.43. The lowest BCUT2D eigenvalue weighted by Gasteiger charge is -2.23. The van der Waals surface area contributed by atoms with Crippen molar-refractivity contribution in [1.29, 1.82) is 0 Å². The zero-order valence-electron chi connectivity index (χ0n) is 9.60. The van der Waals surface area contributed by atoms with Gasteiger partial charge in [0.1, 0.15) is 0 Å². The SMILES string of the molecule is C=C1CCC(c2ccccn2)CCCC1O. The fraction of sp³-hybridized carbons (Fsp3) is 0.500. The Bertz CT molecular complexity index is 347. The molecule has 2 heteroatoms. The number of aromatic nitrogens is 1. The van der Waals surface area contributed by atoms with Crippen molar-refractivity contribution in [2.75, 3.05) is 0 Å². The number of nitrogens with zero attached hydrogens (tertiary/aromatic N) is 1. The molecule has 86 valence electrons. The molecule has 1 N–H and O–H groups in total. The number of rotatable bonds is 1. The van der Waals surface area contributed by atoms with E-state index < -0.39 is 0 Å². The Balaban J connectivity index is 2.04. The van der Waals surface area contributed by atoms with Gasteiger partial charge in [0.05, 0.1) is 6.10 Å². The summed E-state index contributed by atoms with van der Waals surface area (Å²) in [6.45, 7) is 3.95. The molecule has 0 bridgehead atoms. The molecule has 2 nitrogen and oxygen atoms in total. The van der Waals surface area contributed by atoms with E-state index in [9.17, 15) is 5.11 Å². The summed E-state index contributed by atoms with van der Waals surface area (Å²) in [5, 5.41) is 9.72. The molecule has 1 aromatic rings. The van der Waals surface area contributed by atoms with Crippen LogP contribution in [-0.4, -0.2) is 16.2 Å². The van der Waals surface area contributed by atoms with E-state index in [2.05, 4.69) is 17.6 Å². The van der Waals surface area contributed by atoms with E-state index in [1.165, 1.54) is 5.69 Å². The topological polar surface area (TPSA) is 33.1 Å². The van der Waals surface area contributed by atoms with E-state index in [0.29, 0.717) is 5.92 Å². The van der Waals surface area contributed by atoms with Crippen molar-refractivity contribution in [2.45, 2.75) is 44.1 Å². The van der Waals surface area contributed by atoms with Crippen LogP contribution in [0.1, 0.15) is 43.7 Å². The van der Waals surface area contributed by atoms with E-state index in [0.717, 1.165) is 37.7 Å². The van der Waals surface area contributed by atoms with Gasteiger partial charge in [0, 0.05) is 17.8 Å². The van der Waals surface area contributed by atoms with Crippen LogP contribution in [-0.2, 0) is 0 Å². The quantitative estimate of drug-likeness (QED) is 0.733. The molecule has 1 aliphatic carbocycles. The van der Waals surface area contributed by atoms with Gasteiger partial charge >= 0.3 is 0 Å². The zero-order valence-corrected chi connectivity index (χ0v) is 9.60. The number of aliphatic hydroxyl groups excluding tert-OH is 1. The van der Waals surface area contributed by atoms with Gasteiger partial charge in [-0.3, -0.25) is 4.98 Å². The maximum absolute atomic E-state index is 9.72. The number of aliphatic hydroxyl groups is 1. The van der Waals surface area contributed by atoms with E-state index in [1.54, 1.807) is 0 Å². The van der Waals surface area contributed by atoms with Crippen molar-refractivity contribution < 1.29 is 5.11 Å². The van der Waals surface area contributed by atoms with Crippen LogP contribution in [0.5, 0.6) is 0 Å². The van der Waals surface area contributed by atoms with Crippen LogP contribution in [0.4, 0.5) is 0 Å². The molecule has 2 unspecified atom stereocenters. The molecule has 1 aromatic heterocycles. The molecule has 0 spiro atoms. The minimum Gasteiger partial charge on any atom is -0.389 e. The van der Waals surface area contributed by atoms with Crippen LogP contribution in [0.2, 0.25) is 0 Å².